The normalized spacial score (nSPS) is 15.8. The van der Waals surface area contributed by atoms with Crippen molar-refractivity contribution >= 4 is 11.6 Å². The first kappa shape index (κ1) is 12.9. The maximum atomic E-state index is 12.3. The Morgan fingerprint density at radius 3 is 2.80 bits per heavy atom. The van der Waals surface area contributed by atoms with Crippen molar-refractivity contribution in [1.82, 2.24) is 9.78 Å². The molecule has 5 heteroatoms. The molecule has 1 aliphatic rings. The number of rotatable bonds is 5. The van der Waals surface area contributed by atoms with Crippen LogP contribution in [0.2, 0.25) is 0 Å². The minimum absolute atomic E-state index is 0.0351. The van der Waals surface area contributed by atoms with Gasteiger partial charge in [-0.3, -0.25) is 9.48 Å². The molecule has 3 N–H and O–H groups in total. The average Bonchev–Trinajstić information content (AvgIpc) is 3.12. The molecule has 1 fully saturated rings. The fourth-order valence-corrected chi connectivity index (χ4v) is 2.28. The molecule has 2 aromatic rings. The van der Waals surface area contributed by atoms with Gasteiger partial charge in [-0.05, 0) is 30.5 Å². The maximum absolute atomic E-state index is 12.3. The Labute approximate surface area is 117 Å². The van der Waals surface area contributed by atoms with E-state index in [0.717, 1.165) is 24.1 Å². The highest BCUT2D eigenvalue weighted by atomic mass is 16.2. The topological polar surface area (TPSA) is 72.9 Å². The summed E-state index contributed by atoms with van der Waals surface area (Å²) in [6, 6.07) is 9.69. The van der Waals surface area contributed by atoms with E-state index in [-0.39, 0.29) is 11.3 Å². The third kappa shape index (κ3) is 2.44. The van der Waals surface area contributed by atoms with Gasteiger partial charge in [-0.25, -0.2) is 0 Å². The van der Waals surface area contributed by atoms with E-state index < -0.39 is 0 Å². The molecule has 104 valence electrons. The van der Waals surface area contributed by atoms with E-state index in [2.05, 4.69) is 10.4 Å². The van der Waals surface area contributed by atoms with E-state index in [0.29, 0.717) is 13.1 Å². The first-order valence-corrected chi connectivity index (χ1v) is 6.80. The standard InChI is InChI=1S/C15H18N4O/c16-11-15(6-7-15)14(20)18-13-5-2-1-4-12(13)10-19-9-3-8-17-19/h1-5,8-9H,6-7,10-11,16H2,(H,18,20). The largest absolute Gasteiger partial charge is 0.329 e. The number of para-hydroxylation sites is 1. The lowest BCUT2D eigenvalue weighted by Crippen LogP contribution is -2.31. The van der Waals surface area contributed by atoms with Gasteiger partial charge in [0.15, 0.2) is 0 Å². The molecule has 0 spiro atoms. The predicted octanol–water partition coefficient (Wildman–Crippen LogP) is 1.61. The second-order valence-corrected chi connectivity index (χ2v) is 5.30. The molecule has 5 nitrogen and oxygen atoms in total. The Morgan fingerprint density at radius 1 is 1.35 bits per heavy atom. The monoisotopic (exact) mass is 270 g/mol. The van der Waals surface area contributed by atoms with Crippen LogP contribution in [-0.4, -0.2) is 22.2 Å². The molecule has 0 saturated heterocycles. The van der Waals surface area contributed by atoms with E-state index in [9.17, 15) is 4.79 Å². The average molecular weight is 270 g/mol. The fourth-order valence-electron chi connectivity index (χ4n) is 2.28. The summed E-state index contributed by atoms with van der Waals surface area (Å²) in [5.41, 5.74) is 7.24. The smallest absolute Gasteiger partial charge is 0.231 e. The van der Waals surface area contributed by atoms with Gasteiger partial charge in [0, 0.05) is 24.6 Å². The molecule has 1 saturated carbocycles. The van der Waals surface area contributed by atoms with Crippen LogP contribution in [0.5, 0.6) is 0 Å². The molecule has 1 aromatic heterocycles. The quantitative estimate of drug-likeness (QED) is 0.867. The molecular formula is C15H18N4O. The lowest BCUT2D eigenvalue weighted by Gasteiger charge is -2.15. The molecule has 0 bridgehead atoms. The van der Waals surface area contributed by atoms with Crippen LogP contribution in [0.25, 0.3) is 0 Å². The van der Waals surface area contributed by atoms with E-state index >= 15 is 0 Å². The van der Waals surface area contributed by atoms with E-state index in [1.54, 1.807) is 6.20 Å². The summed E-state index contributed by atoms with van der Waals surface area (Å²) in [5, 5.41) is 7.21. The van der Waals surface area contributed by atoms with Crippen LogP contribution >= 0.6 is 0 Å². The summed E-state index contributed by atoms with van der Waals surface area (Å²) in [4.78, 5) is 12.3. The van der Waals surface area contributed by atoms with Crippen molar-refractivity contribution < 1.29 is 4.79 Å². The number of anilines is 1. The second-order valence-electron chi connectivity index (χ2n) is 5.30. The van der Waals surface area contributed by atoms with Crippen LogP contribution in [0.3, 0.4) is 0 Å². The third-order valence-corrected chi connectivity index (χ3v) is 3.88. The Balaban J connectivity index is 1.78. The highest BCUT2D eigenvalue weighted by Crippen LogP contribution is 2.45. The zero-order valence-electron chi connectivity index (χ0n) is 11.2. The van der Waals surface area contributed by atoms with E-state index in [4.69, 9.17) is 5.73 Å². The van der Waals surface area contributed by atoms with Crippen LogP contribution in [0.15, 0.2) is 42.7 Å². The van der Waals surface area contributed by atoms with Crippen molar-refractivity contribution in [3.8, 4) is 0 Å². The molecule has 0 unspecified atom stereocenters. The molecule has 20 heavy (non-hydrogen) atoms. The molecule has 0 aliphatic heterocycles. The van der Waals surface area contributed by atoms with Gasteiger partial charge in [0.1, 0.15) is 0 Å². The number of nitrogens with zero attached hydrogens (tertiary/aromatic N) is 2. The van der Waals surface area contributed by atoms with Gasteiger partial charge in [-0.1, -0.05) is 18.2 Å². The number of hydrogen-bond acceptors (Lipinski definition) is 3. The van der Waals surface area contributed by atoms with Gasteiger partial charge < -0.3 is 11.1 Å². The molecule has 1 heterocycles. The lowest BCUT2D eigenvalue weighted by molar-refractivity contribution is -0.120. The molecule has 1 aliphatic carbocycles. The first-order valence-electron chi connectivity index (χ1n) is 6.80. The molecule has 0 radical (unpaired) electrons. The summed E-state index contributed by atoms with van der Waals surface area (Å²) in [7, 11) is 0. The second kappa shape index (κ2) is 5.09. The van der Waals surface area contributed by atoms with Gasteiger partial charge >= 0.3 is 0 Å². The van der Waals surface area contributed by atoms with Crippen molar-refractivity contribution in [2.75, 3.05) is 11.9 Å². The van der Waals surface area contributed by atoms with Crippen molar-refractivity contribution in [2.24, 2.45) is 11.1 Å². The van der Waals surface area contributed by atoms with E-state index in [1.165, 1.54) is 0 Å². The fraction of sp³-hybridized carbons (Fsp3) is 0.333. The van der Waals surface area contributed by atoms with Crippen LogP contribution in [0.1, 0.15) is 18.4 Å². The first-order chi connectivity index (χ1) is 9.73. The molecule has 1 amide bonds. The lowest BCUT2D eigenvalue weighted by atomic mass is 10.1. The molecule has 0 atom stereocenters. The minimum atomic E-state index is -0.335. The van der Waals surface area contributed by atoms with Gasteiger partial charge in [-0.2, -0.15) is 5.10 Å². The van der Waals surface area contributed by atoms with Gasteiger partial charge in [0.05, 0.1) is 12.0 Å². The van der Waals surface area contributed by atoms with Gasteiger partial charge in [0.2, 0.25) is 5.91 Å². The van der Waals surface area contributed by atoms with E-state index in [1.807, 2.05) is 41.2 Å². The van der Waals surface area contributed by atoms with Crippen LogP contribution in [-0.2, 0) is 11.3 Å². The number of benzene rings is 1. The summed E-state index contributed by atoms with van der Waals surface area (Å²) in [6.45, 7) is 1.05. The predicted molar refractivity (Wildman–Crippen MR) is 77.1 cm³/mol. The van der Waals surface area contributed by atoms with Crippen LogP contribution < -0.4 is 11.1 Å². The number of aromatic nitrogens is 2. The van der Waals surface area contributed by atoms with Crippen molar-refractivity contribution in [3.05, 3.63) is 48.3 Å². The van der Waals surface area contributed by atoms with Crippen LogP contribution in [0, 0.1) is 5.41 Å². The Morgan fingerprint density at radius 2 is 2.15 bits per heavy atom. The number of carbonyl (C=O) groups excluding carboxylic acids is 1. The Bertz CT molecular complexity index is 602. The highest BCUT2D eigenvalue weighted by Gasteiger charge is 2.48. The van der Waals surface area contributed by atoms with Crippen molar-refractivity contribution in [3.63, 3.8) is 0 Å². The Kier molecular flexibility index (Phi) is 3.28. The van der Waals surface area contributed by atoms with Gasteiger partial charge in [-0.15, -0.1) is 0 Å². The molecule has 1 aromatic carbocycles. The number of amides is 1. The maximum Gasteiger partial charge on any atom is 0.231 e. The zero-order valence-corrected chi connectivity index (χ0v) is 11.2. The SMILES string of the molecule is NCC1(C(=O)Nc2ccccc2Cn2cccn2)CC1. The summed E-state index contributed by atoms with van der Waals surface area (Å²) in [5.74, 6) is 0.0351. The molecular weight excluding hydrogens is 252 g/mol. The van der Waals surface area contributed by atoms with Crippen LogP contribution in [0.4, 0.5) is 5.69 Å². The Hall–Kier alpha value is -2.14. The summed E-state index contributed by atoms with van der Waals surface area (Å²) in [6.07, 6.45) is 5.42. The summed E-state index contributed by atoms with van der Waals surface area (Å²) < 4.78 is 1.83. The minimum Gasteiger partial charge on any atom is -0.329 e. The number of carbonyl (C=O) groups is 1. The number of nitrogens with two attached hydrogens (primary N) is 1. The summed E-state index contributed by atoms with van der Waals surface area (Å²) >= 11 is 0. The number of hydrogen-bond donors (Lipinski definition) is 2. The van der Waals surface area contributed by atoms with Crippen molar-refractivity contribution in [2.45, 2.75) is 19.4 Å². The number of nitrogens with one attached hydrogen (secondary N) is 1. The third-order valence-electron chi connectivity index (χ3n) is 3.88. The van der Waals surface area contributed by atoms with Crippen molar-refractivity contribution in [1.29, 1.82) is 0 Å². The van der Waals surface area contributed by atoms with Gasteiger partial charge in [0.25, 0.3) is 0 Å². The molecule has 3 rings (SSSR count). The zero-order chi connectivity index (χ0) is 14.0. The highest BCUT2D eigenvalue weighted by molar-refractivity contribution is 5.97.